The van der Waals surface area contributed by atoms with E-state index in [1.165, 1.54) is 15.3 Å². The summed E-state index contributed by atoms with van der Waals surface area (Å²) in [5.74, 6) is -1.11. The summed E-state index contributed by atoms with van der Waals surface area (Å²) in [6, 6.07) is 13.4. The van der Waals surface area contributed by atoms with Crippen molar-refractivity contribution >= 4 is 57.5 Å². The van der Waals surface area contributed by atoms with Gasteiger partial charge in [-0.2, -0.15) is 0 Å². The molecule has 3 atom stereocenters. The number of hydrogen-bond acceptors (Lipinski definition) is 9. The number of aryl methyl sites for hydroxylation is 2. The number of alkyl halides is 1. The Balaban J connectivity index is 0.913. The summed E-state index contributed by atoms with van der Waals surface area (Å²) >= 11 is 0. The van der Waals surface area contributed by atoms with Crippen molar-refractivity contribution in [2.75, 3.05) is 24.2 Å². The molecule has 2 aliphatic rings. The quantitative estimate of drug-likeness (QED) is 0.0845. The highest BCUT2D eigenvalue weighted by atomic mass is 19.1. The van der Waals surface area contributed by atoms with Crippen LogP contribution >= 0.6 is 0 Å². The Bertz CT molecular complexity index is 2290. The topological polar surface area (TPSA) is 186 Å². The minimum atomic E-state index is -1.04. The van der Waals surface area contributed by atoms with Gasteiger partial charge in [0.15, 0.2) is 17.2 Å². The standard InChI is InChI=1S/C37H41FN10O5/c1-39-26-19-31(45-48-30(20-41-33(26)48)36(52)43-25-18-23(25)38)42-24-11-7-6-10-22(24)34(50)40-16-8-4-3-5-9-21-12-13-27-29(17-21)46(2)37(53)47(27)28-14-15-32(49)44-35(28)51/h6-7,10-13,17,19-20,23,25,28,39H,3-5,8-9,14-16,18H2,1-2H3,(H,40,50)(H,42,45)(H,43,52)(H,44,49,51)/t23-,25+,28?/m0/s1. The van der Waals surface area contributed by atoms with E-state index in [1.54, 1.807) is 49.0 Å². The Morgan fingerprint density at radius 1 is 0.981 bits per heavy atom. The van der Waals surface area contributed by atoms with E-state index in [2.05, 4.69) is 36.7 Å². The minimum Gasteiger partial charge on any atom is -0.385 e. The van der Waals surface area contributed by atoms with Crippen molar-refractivity contribution in [1.29, 1.82) is 0 Å². The smallest absolute Gasteiger partial charge is 0.329 e. The van der Waals surface area contributed by atoms with Gasteiger partial charge >= 0.3 is 5.69 Å². The number of rotatable bonds is 14. The van der Waals surface area contributed by atoms with Crippen molar-refractivity contribution in [3.05, 3.63) is 82.0 Å². The fourth-order valence-electron chi connectivity index (χ4n) is 6.75. The second-order valence-corrected chi connectivity index (χ2v) is 13.5. The lowest BCUT2D eigenvalue weighted by atomic mass is 10.0. The van der Waals surface area contributed by atoms with Crippen molar-refractivity contribution in [3.8, 4) is 0 Å². The van der Waals surface area contributed by atoms with E-state index < -0.39 is 30.1 Å². The summed E-state index contributed by atoms with van der Waals surface area (Å²) in [7, 11) is 3.41. The van der Waals surface area contributed by atoms with Crippen LogP contribution in [0.25, 0.3) is 16.7 Å². The Morgan fingerprint density at radius 3 is 2.55 bits per heavy atom. The lowest BCUT2D eigenvalue weighted by Crippen LogP contribution is -2.44. The molecule has 1 aliphatic heterocycles. The van der Waals surface area contributed by atoms with E-state index in [-0.39, 0.29) is 29.6 Å². The molecule has 0 spiro atoms. The molecule has 4 amide bonds. The number of piperidine rings is 1. The van der Waals surface area contributed by atoms with Gasteiger partial charge in [-0.3, -0.25) is 33.6 Å². The van der Waals surface area contributed by atoms with E-state index in [1.807, 2.05) is 18.2 Å². The van der Waals surface area contributed by atoms with Gasteiger partial charge in [0.1, 0.15) is 12.2 Å². The number of benzene rings is 2. The molecule has 1 unspecified atom stereocenters. The summed E-state index contributed by atoms with van der Waals surface area (Å²) in [6.45, 7) is 0.497. The molecule has 1 aliphatic carbocycles. The highest BCUT2D eigenvalue weighted by molar-refractivity contribution is 6.01. The Labute approximate surface area is 303 Å². The van der Waals surface area contributed by atoms with Crippen molar-refractivity contribution in [2.24, 2.45) is 7.05 Å². The second-order valence-electron chi connectivity index (χ2n) is 13.5. The van der Waals surface area contributed by atoms with E-state index >= 15 is 0 Å². The summed E-state index contributed by atoms with van der Waals surface area (Å²) in [4.78, 5) is 67.5. The molecule has 0 bridgehead atoms. The van der Waals surface area contributed by atoms with Crippen molar-refractivity contribution < 1.29 is 23.6 Å². The largest absolute Gasteiger partial charge is 0.385 e. The Hall–Kier alpha value is -6.06. The molecule has 0 radical (unpaired) electrons. The maximum absolute atomic E-state index is 13.4. The highest BCUT2D eigenvalue weighted by Crippen LogP contribution is 2.28. The van der Waals surface area contributed by atoms with Crippen LogP contribution in [-0.2, 0) is 23.1 Å². The molecule has 16 heteroatoms. The zero-order valence-corrected chi connectivity index (χ0v) is 29.4. The molecule has 1 saturated heterocycles. The maximum atomic E-state index is 13.4. The third kappa shape index (κ3) is 7.34. The van der Waals surface area contributed by atoms with E-state index in [9.17, 15) is 28.4 Å². The fourth-order valence-corrected chi connectivity index (χ4v) is 6.75. The van der Waals surface area contributed by atoms with Crippen LogP contribution in [0.1, 0.15) is 77.4 Å². The van der Waals surface area contributed by atoms with Gasteiger partial charge in [-0.25, -0.2) is 18.7 Å². The van der Waals surface area contributed by atoms with Crippen LogP contribution in [0.15, 0.2) is 59.5 Å². The number of unbranched alkanes of at least 4 members (excludes halogenated alkanes) is 3. The van der Waals surface area contributed by atoms with Gasteiger partial charge in [-0.15, -0.1) is 5.10 Å². The Kier molecular flexibility index (Phi) is 9.93. The van der Waals surface area contributed by atoms with Crippen LogP contribution in [0.4, 0.5) is 21.6 Å². The molecule has 2 aromatic carbocycles. The number of halogens is 1. The fraction of sp³-hybridized carbons (Fsp3) is 0.378. The number of aromatic nitrogens is 5. The molecule has 53 heavy (non-hydrogen) atoms. The average molecular weight is 725 g/mol. The first-order chi connectivity index (χ1) is 25.6. The first-order valence-corrected chi connectivity index (χ1v) is 17.8. The number of carbonyl (C=O) groups excluding carboxylic acids is 4. The Morgan fingerprint density at radius 2 is 1.77 bits per heavy atom. The number of hydrogen-bond donors (Lipinski definition) is 5. The SMILES string of the molecule is CNc1cc(Nc2ccccc2C(=O)NCCCCCCc2ccc3c(c2)n(C)c(=O)n3C2CCC(=O)NC2=O)nn2c(C(=O)N[C@@H]3C[C@@H]3F)cnc12. The number of nitrogens with zero attached hydrogens (tertiary/aromatic N) is 5. The predicted molar refractivity (Wildman–Crippen MR) is 196 cm³/mol. The van der Waals surface area contributed by atoms with E-state index in [4.69, 9.17) is 0 Å². The summed E-state index contributed by atoms with van der Waals surface area (Å²) in [5.41, 5.74) is 4.38. The highest BCUT2D eigenvalue weighted by Gasteiger charge is 2.39. The van der Waals surface area contributed by atoms with Crippen LogP contribution in [0.3, 0.4) is 0 Å². The number of amides is 4. The molecular formula is C37H41FN10O5. The molecular weight excluding hydrogens is 683 g/mol. The first-order valence-electron chi connectivity index (χ1n) is 17.8. The minimum absolute atomic E-state index is 0.167. The number of imide groups is 1. The third-order valence-corrected chi connectivity index (χ3v) is 9.79. The molecule has 5 N–H and O–H groups in total. The molecule has 4 heterocycles. The van der Waals surface area contributed by atoms with Crippen molar-refractivity contribution in [2.45, 2.75) is 69.6 Å². The zero-order chi connectivity index (χ0) is 37.2. The van der Waals surface area contributed by atoms with Crippen molar-refractivity contribution in [3.63, 3.8) is 0 Å². The third-order valence-electron chi connectivity index (χ3n) is 9.79. The second kappa shape index (κ2) is 14.9. The van der Waals surface area contributed by atoms with Crippen LogP contribution < -0.4 is 32.3 Å². The van der Waals surface area contributed by atoms with Gasteiger partial charge in [0.05, 0.1) is 40.2 Å². The molecule has 1 saturated carbocycles. The summed E-state index contributed by atoms with van der Waals surface area (Å²) in [6.07, 6.45) is 5.54. The summed E-state index contributed by atoms with van der Waals surface area (Å²) in [5, 5.41) is 18.8. The maximum Gasteiger partial charge on any atom is 0.329 e. The molecule has 276 valence electrons. The molecule has 15 nitrogen and oxygen atoms in total. The van der Waals surface area contributed by atoms with Crippen molar-refractivity contribution in [1.82, 2.24) is 39.7 Å². The monoisotopic (exact) mass is 724 g/mol. The molecule has 5 aromatic rings. The van der Waals surface area contributed by atoms with Gasteiger partial charge in [-0.1, -0.05) is 31.0 Å². The van der Waals surface area contributed by atoms with Crippen LogP contribution in [0.2, 0.25) is 0 Å². The number of anilines is 3. The number of para-hydroxylation sites is 1. The molecule has 7 rings (SSSR count). The number of carbonyl (C=O) groups is 4. The average Bonchev–Trinajstić information content (AvgIpc) is 3.56. The lowest BCUT2D eigenvalue weighted by molar-refractivity contribution is -0.135. The van der Waals surface area contributed by atoms with Crippen LogP contribution in [0.5, 0.6) is 0 Å². The number of nitrogens with one attached hydrogen (secondary N) is 5. The first kappa shape index (κ1) is 35.3. The summed E-state index contributed by atoms with van der Waals surface area (Å²) < 4.78 is 17.8. The van der Waals surface area contributed by atoms with Gasteiger partial charge in [0.25, 0.3) is 11.8 Å². The normalized spacial score (nSPS) is 18.2. The van der Waals surface area contributed by atoms with E-state index in [0.29, 0.717) is 53.3 Å². The van der Waals surface area contributed by atoms with Gasteiger partial charge in [0.2, 0.25) is 11.8 Å². The van der Waals surface area contributed by atoms with E-state index in [0.717, 1.165) is 43.2 Å². The molecule has 2 fully saturated rings. The van der Waals surface area contributed by atoms with Crippen LogP contribution in [0, 0.1) is 0 Å². The van der Waals surface area contributed by atoms with Gasteiger partial charge in [0, 0.05) is 39.5 Å². The number of imidazole rings is 2. The van der Waals surface area contributed by atoms with Gasteiger partial charge in [-0.05, 0) is 55.5 Å². The lowest BCUT2D eigenvalue weighted by Gasteiger charge is -2.21. The number of fused-ring (bicyclic) bond motifs is 2. The zero-order valence-electron chi connectivity index (χ0n) is 29.4. The predicted octanol–water partition coefficient (Wildman–Crippen LogP) is 3.52. The van der Waals surface area contributed by atoms with Crippen LogP contribution in [-0.4, -0.2) is 73.2 Å². The molecule has 3 aromatic heterocycles. The van der Waals surface area contributed by atoms with Gasteiger partial charge < -0.3 is 21.3 Å².